The number of phenolic OH excluding ortho intramolecular Hbond substituents is 2. The Balaban J connectivity index is 1.97. The molecule has 0 bridgehead atoms. The van der Waals surface area contributed by atoms with E-state index in [0.29, 0.717) is 6.42 Å². The van der Waals surface area contributed by atoms with Crippen LogP contribution < -0.4 is 4.74 Å². The van der Waals surface area contributed by atoms with Gasteiger partial charge in [-0.15, -0.1) is 0 Å². The molecule has 1 fully saturated rings. The summed E-state index contributed by atoms with van der Waals surface area (Å²) in [7, 11) is 0. The average Bonchev–Trinajstić information content (AvgIpc) is 2.70. The molecular formula is C21H28O11. The van der Waals surface area contributed by atoms with Crippen LogP contribution in [0.25, 0.3) is 0 Å². The van der Waals surface area contributed by atoms with Gasteiger partial charge >= 0.3 is 17.9 Å². The topological polar surface area (TPSA) is 147 Å². The zero-order chi connectivity index (χ0) is 23.7. The lowest BCUT2D eigenvalue weighted by Crippen LogP contribution is -2.54. The number of esters is 3. The maximum atomic E-state index is 11.6. The van der Waals surface area contributed by atoms with Crippen molar-refractivity contribution in [2.24, 2.45) is 0 Å². The Morgan fingerprint density at radius 1 is 1.03 bits per heavy atom. The number of benzene rings is 1. The van der Waals surface area contributed by atoms with Gasteiger partial charge < -0.3 is 38.6 Å². The Hall–Kier alpha value is -3.05. The first-order valence-electron chi connectivity index (χ1n) is 10.1. The van der Waals surface area contributed by atoms with Gasteiger partial charge in [0.05, 0.1) is 19.3 Å². The van der Waals surface area contributed by atoms with Gasteiger partial charge in [-0.05, 0) is 12.1 Å². The Bertz CT molecular complexity index is 794. The Labute approximate surface area is 185 Å². The molecule has 0 unspecified atom stereocenters. The summed E-state index contributed by atoms with van der Waals surface area (Å²) >= 11 is 0. The standard InChI is InChI=1S/C21H28O11/c1-12(22)29-11-15-10-18(30-13(2)23)20(31-14(3)24)21(32-15)28-9-5-8-27-17-7-4-6-16(25)19(17)26/h4,6-7,15,18,20-21,25-26H,5,8-11H2,1-3H3/t15-,18-,20+,21+/m0/s1. The highest BCUT2D eigenvalue weighted by atomic mass is 16.7. The van der Waals surface area contributed by atoms with Gasteiger partial charge in [0, 0.05) is 33.6 Å². The minimum absolute atomic E-state index is 0.0837. The van der Waals surface area contributed by atoms with Crippen molar-refractivity contribution in [3.05, 3.63) is 18.2 Å². The summed E-state index contributed by atoms with van der Waals surface area (Å²) in [5.74, 6) is -2.22. The lowest BCUT2D eigenvalue weighted by Gasteiger charge is -2.39. The van der Waals surface area contributed by atoms with Crippen molar-refractivity contribution in [3.63, 3.8) is 0 Å². The van der Waals surface area contributed by atoms with Crippen LogP contribution in [0.2, 0.25) is 0 Å². The number of hydrogen-bond acceptors (Lipinski definition) is 11. The van der Waals surface area contributed by atoms with Crippen LogP contribution in [-0.2, 0) is 38.1 Å². The van der Waals surface area contributed by atoms with Crippen LogP contribution in [0.1, 0.15) is 33.6 Å². The van der Waals surface area contributed by atoms with Gasteiger partial charge in [0.15, 0.2) is 23.9 Å². The third kappa shape index (κ3) is 7.89. The lowest BCUT2D eigenvalue weighted by atomic mass is 10.0. The SMILES string of the molecule is CC(=O)OC[C@@H]1C[C@H](OC(C)=O)[C@@H](OC(C)=O)[C@H](OCCCOc2cccc(O)c2O)O1. The second-order valence-corrected chi connectivity index (χ2v) is 7.08. The molecule has 32 heavy (non-hydrogen) atoms. The van der Waals surface area contributed by atoms with Crippen LogP contribution in [0.4, 0.5) is 0 Å². The number of hydrogen-bond donors (Lipinski definition) is 2. The number of carbonyl (C=O) groups is 3. The van der Waals surface area contributed by atoms with Gasteiger partial charge in [-0.2, -0.15) is 0 Å². The Morgan fingerprint density at radius 2 is 1.75 bits per heavy atom. The summed E-state index contributed by atoms with van der Waals surface area (Å²) in [6, 6.07) is 4.35. The van der Waals surface area contributed by atoms with Crippen molar-refractivity contribution in [2.45, 2.75) is 58.2 Å². The minimum atomic E-state index is -1.08. The van der Waals surface area contributed by atoms with E-state index in [9.17, 15) is 24.6 Å². The third-order valence-corrected chi connectivity index (χ3v) is 4.35. The molecule has 11 heteroatoms. The summed E-state index contributed by atoms with van der Waals surface area (Å²) in [5.41, 5.74) is 0. The monoisotopic (exact) mass is 456 g/mol. The van der Waals surface area contributed by atoms with Gasteiger partial charge in [0.25, 0.3) is 0 Å². The van der Waals surface area contributed by atoms with Crippen LogP contribution in [0.3, 0.4) is 0 Å². The highest BCUT2D eigenvalue weighted by Gasteiger charge is 2.44. The fourth-order valence-electron chi connectivity index (χ4n) is 3.06. The second kappa shape index (κ2) is 12.1. The van der Waals surface area contributed by atoms with E-state index in [1.807, 2.05) is 0 Å². The summed E-state index contributed by atoms with van der Waals surface area (Å²) in [4.78, 5) is 34.2. The Kier molecular flexibility index (Phi) is 9.54. The number of para-hydroxylation sites is 1. The maximum absolute atomic E-state index is 11.6. The zero-order valence-electron chi connectivity index (χ0n) is 18.1. The van der Waals surface area contributed by atoms with Crippen LogP contribution in [0.15, 0.2) is 18.2 Å². The van der Waals surface area contributed by atoms with E-state index in [2.05, 4.69) is 0 Å². The van der Waals surface area contributed by atoms with Gasteiger partial charge in [0.2, 0.25) is 5.75 Å². The molecule has 2 N–H and O–H groups in total. The van der Waals surface area contributed by atoms with Crippen LogP contribution in [0.5, 0.6) is 17.2 Å². The molecule has 0 amide bonds. The number of rotatable bonds is 10. The first-order chi connectivity index (χ1) is 15.2. The largest absolute Gasteiger partial charge is 0.504 e. The minimum Gasteiger partial charge on any atom is -0.504 e. The molecule has 11 nitrogen and oxygen atoms in total. The molecule has 0 radical (unpaired) electrons. The molecule has 1 aromatic rings. The van der Waals surface area contributed by atoms with E-state index < -0.39 is 42.5 Å². The van der Waals surface area contributed by atoms with Crippen LogP contribution in [0, 0.1) is 0 Å². The average molecular weight is 456 g/mol. The summed E-state index contributed by atoms with van der Waals surface area (Å²) in [6.45, 7) is 3.86. The smallest absolute Gasteiger partial charge is 0.303 e. The zero-order valence-corrected chi connectivity index (χ0v) is 18.1. The van der Waals surface area contributed by atoms with Crippen molar-refractivity contribution in [1.29, 1.82) is 0 Å². The molecule has 0 spiro atoms. The van der Waals surface area contributed by atoms with Crippen LogP contribution in [-0.4, -0.2) is 72.5 Å². The summed E-state index contributed by atoms with van der Waals surface area (Å²) in [6.07, 6.45) is -3.08. The van der Waals surface area contributed by atoms with E-state index in [0.717, 1.165) is 0 Å². The summed E-state index contributed by atoms with van der Waals surface area (Å²) < 4.78 is 32.5. The highest BCUT2D eigenvalue weighted by molar-refractivity contribution is 5.67. The maximum Gasteiger partial charge on any atom is 0.303 e. The number of carbonyl (C=O) groups excluding carboxylic acids is 3. The Morgan fingerprint density at radius 3 is 2.41 bits per heavy atom. The van der Waals surface area contributed by atoms with Crippen LogP contribution >= 0.6 is 0 Å². The van der Waals surface area contributed by atoms with Crippen molar-refractivity contribution < 1.29 is 53.0 Å². The third-order valence-electron chi connectivity index (χ3n) is 4.35. The number of phenols is 2. The molecule has 2 rings (SSSR count). The number of aromatic hydroxyl groups is 2. The van der Waals surface area contributed by atoms with Crippen molar-refractivity contribution >= 4 is 17.9 Å². The summed E-state index contributed by atoms with van der Waals surface area (Å²) in [5, 5.41) is 19.2. The molecule has 0 aromatic heterocycles. The molecular weight excluding hydrogens is 428 g/mol. The van der Waals surface area contributed by atoms with Crippen molar-refractivity contribution in [2.75, 3.05) is 19.8 Å². The number of ether oxygens (including phenoxy) is 6. The molecule has 4 atom stereocenters. The van der Waals surface area contributed by atoms with E-state index in [4.69, 9.17) is 28.4 Å². The lowest BCUT2D eigenvalue weighted by molar-refractivity contribution is -0.279. The van der Waals surface area contributed by atoms with Gasteiger partial charge in [-0.3, -0.25) is 14.4 Å². The van der Waals surface area contributed by atoms with E-state index in [1.54, 1.807) is 0 Å². The van der Waals surface area contributed by atoms with Crippen molar-refractivity contribution in [3.8, 4) is 17.2 Å². The molecule has 178 valence electrons. The first-order valence-corrected chi connectivity index (χ1v) is 10.1. The molecule has 1 heterocycles. The van der Waals surface area contributed by atoms with Gasteiger partial charge in [-0.1, -0.05) is 6.07 Å². The molecule has 1 aliphatic heterocycles. The van der Waals surface area contributed by atoms with E-state index >= 15 is 0 Å². The predicted octanol–water partition coefficient (Wildman–Crippen LogP) is 1.42. The molecule has 0 saturated carbocycles. The fraction of sp³-hybridized carbons (Fsp3) is 0.571. The van der Waals surface area contributed by atoms with Crippen molar-refractivity contribution in [1.82, 2.24) is 0 Å². The van der Waals surface area contributed by atoms with Gasteiger partial charge in [0.1, 0.15) is 12.7 Å². The fourth-order valence-corrected chi connectivity index (χ4v) is 3.06. The highest BCUT2D eigenvalue weighted by Crippen LogP contribution is 2.34. The molecule has 0 aliphatic carbocycles. The van der Waals surface area contributed by atoms with Gasteiger partial charge in [-0.25, -0.2) is 0 Å². The first kappa shape index (κ1) is 25.2. The molecule has 1 saturated heterocycles. The van der Waals surface area contributed by atoms with E-state index in [1.165, 1.54) is 39.0 Å². The van der Waals surface area contributed by atoms with E-state index in [-0.39, 0.29) is 43.5 Å². The molecule has 1 aliphatic rings. The normalized spacial score (nSPS) is 22.6. The predicted molar refractivity (Wildman–Crippen MR) is 107 cm³/mol. The second-order valence-electron chi connectivity index (χ2n) is 7.08. The molecule has 1 aromatic carbocycles. The quantitative estimate of drug-likeness (QED) is 0.228.